The monoisotopic (exact) mass is 285 g/mol. The fraction of sp³-hybridized carbons (Fsp3) is 0.273. The highest BCUT2D eigenvalue weighted by atomic mass is 79.9. The zero-order valence-electron chi connectivity index (χ0n) is 8.58. The quantitative estimate of drug-likeness (QED) is 0.930. The molecule has 0 radical (unpaired) electrons. The van der Waals surface area contributed by atoms with Gasteiger partial charge in [0.25, 0.3) is 0 Å². The van der Waals surface area contributed by atoms with Gasteiger partial charge in [0.15, 0.2) is 0 Å². The highest BCUT2D eigenvalue weighted by Crippen LogP contribution is 2.32. The lowest BCUT2D eigenvalue weighted by Crippen LogP contribution is -2.16. The number of halogens is 1. The van der Waals surface area contributed by atoms with Crippen molar-refractivity contribution in [3.63, 3.8) is 0 Å². The van der Waals surface area contributed by atoms with Gasteiger partial charge in [-0.25, -0.2) is 0 Å². The molecule has 0 aliphatic heterocycles. The van der Waals surface area contributed by atoms with Crippen LogP contribution >= 0.6 is 27.3 Å². The molecular weight excluding hydrogens is 274 g/mol. The SMILES string of the molecule is CNC(c1ccc(Br)s1)c1occc1C. The zero-order chi connectivity index (χ0) is 10.8. The third kappa shape index (κ3) is 2.17. The summed E-state index contributed by atoms with van der Waals surface area (Å²) in [5.74, 6) is 0.992. The number of rotatable bonds is 3. The Morgan fingerprint density at radius 2 is 2.20 bits per heavy atom. The molecule has 80 valence electrons. The second kappa shape index (κ2) is 4.51. The molecule has 4 heteroatoms. The number of thiophene rings is 1. The van der Waals surface area contributed by atoms with Crippen molar-refractivity contribution in [1.29, 1.82) is 0 Å². The number of hydrogen-bond donors (Lipinski definition) is 1. The Morgan fingerprint density at radius 1 is 1.40 bits per heavy atom. The smallest absolute Gasteiger partial charge is 0.128 e. The van der Waals surface area contributed by atoms with Crippen LogP contribution in [0.25, 0.3) is 0 Å². The van der Waals surface area contributed by atoms with E-state index in [9.17, 15) is 0 Å². The Morgan fingerprint density at radius 3 is 2.67 bits per heavy atom. The van der Waals surface area contributed by atoms with E-state index in [1.807, 2.05) is 13.1 Å². The molecule has 0 aliphatic carbocycles. The van der Waals surface area contributed by atoms with Gasteiger partial charge in [-0.05, 0) is 53.7 Å². The molecule has 2 nitrogen and oxygen atoms in total. The van der Waals surface area contributed by atoms with E-state index in [2.05, 4.69) is 40.3 Å². The van der Waals surface area contributed by atoms with Gasteiger partial charge >= 0.3 is 0 Å². The maximum absolute atomic E-state index is 5.51. The molecule has 0 spiro atoms. The minimum absolute atomic E-state index is 0.149. The Kier molecular flexibility index (Phi) is 3.29. The number of nitrogens with one attached hydrogen (secondary N) is 1. The molecule has 1 atom stereocenters. The van der Waals surface area contributed by atoms with Crippen LogP contribution in [-0.2, 0) is 0 Å². The molecule has 2 rings (SSSR count). The molecule has 15 heavy (non-hydrogen) atoms. The number of hydrogen-bond acceptors (Lipinski definition) is 3. The largest absolute Gasteiger partial charge is 0.467 e. The molecule has 0 aliphatic rings. The molecule has 2 aromatic rings. The Hall–Kier alpha value is -0.580. The Labute approximate surface area is 101 Å². The highest BCUT2D eigenvalue weighted by molar-refractivity contribution is 9.11. The van der Waals surface area contributed by atoms with Gasteiger partial charge < -0.3 is 9.73 Å². The van der Waals surface area contributed by atoms with Crippen LogP contribution in [0.1, 0.15) is 22.2 Å². The summed E-state index contributed by atoms with van der Waals surface area (Å²) in [6, 6.07) is 6.30. The van der Waals surface area contributed by atoms with E-state index in [-0.39, 0.29) is 6.04 Å². The molecule has 2 aromatic heterocycles. The van der Waals surface area contributed by atoms with E-state index in [0.29, 0.717) is 0 Å². The van der Waals surface area contributed by atoms with Gasteiger partial charge in [0.2, 0.25) is 0 Å². The van der Waals surface area contributed by atoms with Crippen LogP contribution in [0.5, 0.6) is 0 Å². The zero-order valence-corrected chi connectivity index (χ0v) is 11.0. The fourth-order valence-electron chi connectivity index (χ4n) is 1.57. The van der Waals surface area contributed by atoms with E-state index in [4.69, 9.17) is 4.42 Å². The van der Waals surface area contributed by atoms with Crippen LogP contribution in [0, 0.1) is 6.92 Å². The molecule has 0 saturated carbocycles. The van der Waals surface area contributed by atoms with Crippen LogP contribution in [-0.4, -0.2) is 7.05 Å². The molecule has 1 N–H and O–H groups in total. The average Bonchev–Trinajstić information content (AvgIpc) is 2.79. The van der Waals surface area contributed by atoms with E-state index >= 15 is 0 Å². The van der Waals surface area contributed by atoms with Crippen molar-refractivity contribution in [3.05, 3.63) is 44.4 Å². The summed E-state index contributed by atoms with van der Waals surface area (Å²) >= 11 is 5.19. The van der Waals surface area contributed by atoms with E-state index in [0.717, 1.165) is 9.55 Å². The van der Waals surface area contributed by atoms with Crippen LogP contribution < -0.4 is 5.32 Å². The molecule has 0 saturated heterocycles. The lowest BCUT2D eigenvalue weighted by Gasteiger charge is -2.12. The van der Waals surface area contributed by atoms with Crippen molar-refractivity contribution in [2.24, 2.45) is 0 Å². The normalized spacial score (nSPS) is 13.0. The maximum atomic E-state index is 5.51. The molecule has 1 unspecified atom stereocenters. The minimum Gasteiger partial charge on any atom is -0.467 e. The molecule has 2 heterocycles. The third-order valence-electron chi connectivity index (χ3n) is 2.33. The second-order valence-electron chi connectivity index (χ2n) is 3.33. The first kappa shape index (κ1) is 10.9. The van der Waals surface area contributed by atoms with Crippen molar-refractivity contribution >= 4 is 27.3 Å². The summed E-state index contributed by atoms with van der Waals surface area (Å²) in [6.45, 7) is 2.06. The second-order valence-corrected chi connectivity index (χ2v) is 5.83. The van der Waals surface area contributed by atoms with Crippen molar-refractivity contribution < 1.29 is 4.42 Å². The van der Waals surface area contributed by atoms with Crippen molar-refractivity contribution in [1.82, 2.24) is 5.32 Å². The topological polar surface area (TPSA) is 25.2 Å². The molecule has 0 aromatic carbocycles. The number of furan rings is 1. The van der Waals surface area contributed by atoms with Crippen molar-refractivity contribution in [3.8, 4) is 0 Å². The van der Waals surface area contributed by atoms with E-state index in [1.165, 1.54) is 10.4 Å². The number of aryl methyl sites for hydroxylation is 1. The predicted molar refractivity (Wildman–Crippen MR) is 66.4 cm³/mol. The van der Waals surface area contributed by atoms with Crippen LogP contribution in [0.3, 0.4) is 0 Å². The highest BCUT2D eigenvalue weighted by Gasteiger charge is 2.18. The average molecular weight is 286 g/mol. The van der Waals surface area contributed by atoms with Crippen molar-refractivity contribution in [2.75, 3.05) is 7.05 Å². The molecule has 0 amide bonds. The van der Waals surface area contributed by atoms with Crippen LogP contribution in [0.15, 0.2) is 32.7 Å². The summed E-state index contributed by atoms with van der Waals surface area (Å²) in [5, 5.41) is 3.27. The van der Waals surface area contributed by atoms with Crippen LogP contribution in [0.4, 0.5) is 0 Å². The van der Waals surface area contributed by atoms with Gasteiger partial charge in [-0.3, -0.25) is 0 Å². The fourth-order valence-corrected chi connectivity index (χ4v) is 3.10. The Balaban J connectivity index is 2.36. The predicted octanol–water partition coefficient (Wildman–Crippen LogP) is 3.72. The summed E-state index contributed by atoms with van der Waals surface area (Å²) in [4.78, 5) is 1.25. The standard InChI is InChI=1S/C11H12BrNOS/c1-7-5-6-14-11(7)10(13-2)8-3-4-9(12)15-8/h3-6,10,13H,1-2H3. The summed E-state index contributed by atoms with van der Waals surface area (Å²) < 4.78 is 6.65. The first-order valence-corrected chi connectivity index (χ1v) is 6.30. The van der Waals surface area contributed by atoms with Gasteiger partial charge in [-0.1, -0.05) is 0 Å². The van der Waals surface area contributed by atoms with Gasteiger partial charge in [-0.2, -0.15) is 0 Å². The van der Waals surface area contributed by atoms with Crippen molar-refractivity contribution in [2.45, 2.75) is 13.0 Å². The summed E-state index contributed by atoms with van der Waals surface area (Å²) in [5.41, 5.74) is 1.18. The summed E-state index contributed by atoms with van der Waals surface area (Å²) in [7, 11) is 1.94. The minimum atomic E-state index is 0.149. The summed E-state index contributed by atoms with van der Waals surface area (Å²) in [6.07, 6.45) is 1.73. The molecule has 0 fully saturated rings. The maximum Gasteiger partial charge on any atom is 0.128 e. The van der Waals surface area contributed by atoms with Gasteiger partial charge in [0.05, 0.1) is 10.0 Å². The lowest BCUT2D eigenvalue weighted by molar-refractivity contribution is 0.463. The van der Waals surface area contributed by atoms with E-state index in [1.54, 1.807) is 17.6 Å². The first-order valence-electron chi connectivity index (χ1n) is 4.69. The van der Waals surface area contributed by atoms with Gasteiger partial charge in [0, 0.05) is 4.88 Å². The molecule has 0 bridgehead atoms. The van der Waals surface area contributed by atoms with E-state index < -0.39 is 0 Å². The first-order chi connectivity index (χ1) is 7.22. The lowest BCUT2D eigenvalue weighted by atomic mass is 10.1. The third-order valence-corrected chi connectivity index (χ3v) is 4.02. The van der Waals surface area contributed by atoms with Crippen LogP contribution in [0.2, 0.25) is 0 Å². The molecular formula is C11H12BrNOS. The van der Waals surface area contributed by atoms with Gasteiger partial charge in [0.1, 0.15) is 11.8 Å². The van der Waals surface area contributed by atoms with Gasteiger partial charge in [-0.15, -0.1) is 11.3 Å². The Bertz CT molecular complexity index is 449.